The number of nitrogens with zero attached hydrogens (tertiary/aromatic N) is 1. The van der Waals surface area contributed by atoms with E-state index in [1.165, 1.54) is 0 Å². The lowest BCUT2D eigenvalue weighted by Crippen LogP contribution is -2.80. The maximum absolute atomic E-state index is 12.8. The van der Waals surface area contributed by atoms with Crippen molar-refractivity contribution in [2.75, 3.05) is 7.05 Å². The van der Waals surface area contributed by atoms with E-state index in [4.69, 9.17) is 0 Å². The molecule has 0 atom stereocenters. The molecule has 0 unspecified atom stereocenters. The zero-order valence-corrected chi connectivity index (χ0v) is 10.7. The number of alkyl halides is 12. The molecule has 1 amide bonds. The Morgan fingerprint density at radius 3 is 1.33 bits per heavy atom. The SMILES string of the molecule is CN1C(=O)OC(C(F)(F)F)(C(F)(F)F)OC1(C(F)(F)F)C(F)(F)F. The smallest absolute Gasteiger partial charge is 0.399 e. The van der Waals surface area contributed by atoms with E-state index >= 15 is 0 Å². The number of hydrogen-bond acceptors (Lipinski definition) is 3. The van der Waals surface area contributed by atoms with E-state index < -0.39 is 47.2 Å². The van der Waals surface area contributed by atoms with Gasteiger partial charge in [0.1, 0.15) is 0 Å². The number of carbonyl (C=O) groups excluding carboxylic acids is 1. The zero-order chi connectivity index (χ0) is 19.6. The number of cyclic esters (lactones) is 1. The summed E-state index contributed by atoms with van der Waals surface area (Å²) in [5, 5.41) is 0. The largest absolute Gasteiger partial charge is 0.465 e. The predicted molar refractivity (Wildman–Crippen MR) is 45.0 cm³/mol. The Morgan fingerprint density at radius 2 is 1.08 bits per heavy atom. The fraction of sp³-hybridized carbons (Fsp3) is 0.875. The number of hydrogen-bond donors (Lipinski definition) is 0. The van der Waals surface area contributed by atoms with Crippen LogP contribution in [0.2, 0.25) is 0 Å². The molecule has 4 nitrogen and oxygen atoms in total. The molecule has 1 rings (SSSR count). The van der Waals surface area contributed by atoms with Crippen molar-refractivity contribution in [2.24, 2.45) is 0 Å². The molecule has 0 saturated carbocycles. The van der Waals surface area contributed by atoms with Gasteiger partial charge in [0.15, 0.2) is 0 Å². The second-order valence-corrected chi connectivity index (χ2v) is 4.28. The molecule has 0 aliphatic carbocycles. The molecule has 0 aromatic rings. The summed E-state index contributed by atoms with van der Waals surface area (Å²) < 4.78 is 158. The molecule has 0 spiro atoms. The minimum Gasteiger partial charge on any atom is -0.399 e. The van der Waals surface area contributed by atoms with Crippen LogP contribution >= 0.6 is 0 Å². The summed E-state index contributed by atoms with van der Waals surface area (Å²) in [6, 6.07) is 0. The summed E-state index contributed by atoms with van der Waals surface area (Å²) in [5.41, 5.74) is -6.25. The molecule has 1 saturated heterocycles. The molecule has 1 heterocycles. The number of halogens is 12. The average molecular weight is 389 g/mol. The molecule has 0 radical (unpaired) electrons. The van der Waals surface area contributed by atoms with Gasteiger partial charge in [0.05, 0.1) is 0 Å². The summed E-state index contributed by atoms with van der Waals surface area (Å²) in [6.07, 6.45) is -31.1. The van der Waals surface area contributed by atoms with Gasteiger partial charge >= 0.3 is 42.3 Å². The van der Waals surface area contributed by atoms with Gasteiger partial charge in [-0.05, 0) is 0 Å². The Bertz CT molecular complexity index is 486. The van der Waals surface area contributed by atoms with E-state index in [-0.39, 0.29) is 7.05 Å². The van der Waals surface area contributed by atoms with E-state index in [0.29, 0.717) is 0 Å². The van der Waals surface area contributed by atoms with Crippen LogP contribution in [-0.2, 0) is 9.47 Å². The minimum atomic E-state index is -7.01. The quantitative estimate of drug-likeness (QED) is 0.593. The Labute approximate surface area is 122 Å². The highest BCUT2D eigenvalue weighted by molar-refractivity contribution is 5.70. The van der Waals surface area contributed by atoms with E-state index in [1.807, 2.05) is 0 Å². The highest BCUT2D eigenvalue weighted by atomic mass is 19.4. The molecule has 1 aliphatic rings. The maximum atomic E-state index is 12.8. The standard InChI is InChI=1S/C8H3F12NO3/c1-21-2(22)23-4(7(15,16)17,8(18,19)20)24-3(21,5(9,10)11)6(12,13)14/h1H3. The first-order valence-electron chi connectivity index (χ1n) is 5.18. The summed E-state index contributed by atoms with van der Waals surface area (Å²) >= 11 is 0. The van der Waals surface area contributed by atoms with Crippen LogP contribution in [0.15, 0.2) is 0 Å². The molecule has 16 heteroatoms. The normalized spacial score (nSPS) is 22.4. The molecule has 0 bridgehead atoms. The van der Waals surface area contributed by atoms with Crippen molar-refractivity contribution in [1.29, 1.82) is 0 Å². The Morgan fingerprint density at radius 1 is 0.750 bits per heavy atom. The van der Waals surface area contributed by atoms with E-state index in [1.54, 1.807) is 0 Å². The molecular formula is C8H3F12NO3. The number of ether oxygens (including phenoxy) is 2. The molecule has 0 N–H and O–H groups in total. The summed E-state index contributed by atoms with van der Waals surface area (Å²) in [5.74, 6) is -6.48. The van der Waals surface area contributed by atoms with Crippen LogP contribution in [0.5, 0.6) is 0 Å². The molecule has 0 aromatic heterocycles. The van der Waals surface area contributed by atoms with Crippen molar-refractivity contribution in [2.45, 2.75) is 36.2 Å². The Hall–Kier alpha value is -1.61. The van der Waals surface area contributed by atoms with Crippen LogP contribution in [0.1, 0.15) is 0 Å². The lowest BCUT2D eigenvalue weighted by atomic mass is 10.1. The van der Waals surface area contributed by atoms with Crippen molar-refractivity contribution in [3.05, 3.63) is 0 Å². The van der Waals surface area contributed by atoms with Crippen LogP contribution in [-0.4, -0.2) is 54.3 Å². The van der Waals surface area contributed by atoms with E-state index in [2.05, 4.69) is 9.47 Å². The van der Waals surface area contributed by atoms with Crippen molar-refractivity contribution in [3.8, 4) is 0 Å². The van der Waals surface area contributed by atoms with E-state index in [9.17, 15) is 57.5 Å². The number of rotatable bonds is 0. The zero-order valence-electron chi connectivity index (χ0n) is 10.7. The predicted octanol–water partition coefficient (Wildman–Crippen LogP) is 3.73. The average Bonchev–Trinajstić information content (AvgIpc) is 2.25. The van der Waals surface area contributed by atoms with Gasteiger partial charge in [0, 0.05) is 7.05 Å². The second kappa shape index (κ2) is 4.95. The van der Waals surface area contributed by atoms with Gasteiger partial charge in [0.2, 0.25) is 0 Å². The topological polar surface area (TPSA) is 38.8 Å². The summed E-state index contributed by atoms with van der Waals surface area (Å²) in [6.45, 7) is 0. The van der Waals surface area contributed by atoms with Gasteiger partial charge in [-0.15, -0.1) is 0 Å². The first kappa shape index (κ1) is 20.4. The fourth-order valence-electron chi connectivity index (χ4n) is 1.67. The van der Waals surface area contributed by atoms with Gasteiger partial charge in [-0.1, -0.05) is 0 Å². The first-order valence-corrected chi connectivity index (χ1v) is 5.18. The lowest BCUT2D eigenvalue weighted by Gasteiger charge is -2.51. The Balaban J connectivity index is 3.84. The Kier molecular flexibility index (Phi) is 4.21. The minimum absolute atomic E-state index is 0.389. The molecule has 24 heavy (non-hydrogen) atoms. The molecule has 142 valence electrons. The van der Waals surface area contributed by atoms with Crippen molar-refractivity contribution in [1.82, 2.24) is 4.90 Å². The van der Waals surface area contributed by atoms with Crippen LogP contribution in [0.25, 0.3) is 0 Å². The fourth-order valence-corrected chi connectivity index (χ4v) is 1.67. The van der Waals surface area contributed by atoms with Crippen molar-refractivity contribution < 1.29 is 67.0 Å². The number of carbonyl (C=O) groups is 1. The first-order chi connectivity index (χ1) is 10.2. The monoisotopic (exact) mass is 389 g/mol. The van der Waals surface area contributed by atoms with Gasteiger partial charge < -0.3 is 4.74 Å². The van der Waals surface area contributed by atoms with Crippen LogP contribution < -0.4 is 0 Å². The third-order valence-corrected chi connectivity index (χ3v) is 2.78. The highest BCUT2D eigenvalue weighted by Gasteiger charge is 2.89. The van der Waals surface area contributed by atoms with E-state index in [0.717, 1.165) is 0 Å². The van der Waals surface area contributed by atoms with Gasteiger partial charge in [-0.25, -0.2) is 4.79 Å². The number of amides is 1. The molecule has 0 aromatic carbocycles. The van der Waals surface area contributed by atoms with Crippen LogP contribution in [0.4, 0.5) is 57.5 Å². The highest BCUT2D eigenvalue weighted by Crippen LogP contribution is 2.58. The molecule has 1 fully saturated rings. The summed E-state index contributed by atoms with van der Waals surface area (Å²) in [4.78, 5) is 9.44. The summed E-state index contributed by atoms with van der Waals surface area (Å²) in [7, 11) is -0.389. The third-order valence-electron chi connectivity index (χ3n) is 2.78. The van der Waals surface area contributed by atoms with Crippen LogP contribution in [0, 0.1) is 0 Å². The third kappa shape index (κ3) is 2.50. The maximum Gasteiger partial charge on any atom is 0.465 e. The van der Waals surface area contributed by atoms with Gasteiger partial charge in [-0.3, -0.25) is 9.64 Å². The molecule has 1 aliphatic heterocycles. The van der Waals surface area contributed by atoms with Gasteiger partial charge in [-0.2, -0.15) is 52.7 Å². The van der Waals surface area contributed by atoms with Crippen molar-refractivity contribution >= 4 is 6.09 Å². The van der Waals surface area contributed by atoms with Crippen molar-refractivity contribution in [3.63, 3.8) is 0 Å². The second-order valence-electron chi connectivity index (χ2n) is 4.28. The van der Waals surface area contributed by atoms with Gasteiger partial charge in [0.25, 0.3) is 0 Å². The molecular weight excluding hydrogens is 386 g/mol. The van der Waals surface area contributed by atoms with Crippen LogP contribution in [0.3, 0.4) is 0 Å². The lowest BCUT2D eigenvalue weighted by molar-refractivity contribution is -0.549.